The summed E-state index contributed by atoms with van der Waals surface area (Å²) >= 11 is 3.18. The molecule has 0 radical (unpaired) electrons. The van der Waals surface area contributed by atoms with Crippen LogP contribution in [0.1, 0.15) is 40.6 Å². The van der Waals surface area contributed by atoms with Gasteiger partial charge in [-0.15, -0.1) is 21.5 Å². The molecule has 0 saturated carbocycles. The molecule has 7 nitrogen and oxygen atoms in total. The van der Waals surface area contributed by atoms with Crippen LogP contribution in [0.3, 0.4) is 0 Å². The quantitative estimate of drug-likeness (QED) is 0.508. The van der Waals surface area contributed by atoms with Gasteiger partial charge in [-0.25, -0.2) is 0 Å². The van der Waals surface area contributed by atoms with Gasteiger partial charge in [-0.05, 0) is 61.1 Å². The summed E-state index contributed by atoms with van der Waals surface area (Å²) in [6, 6.07) is 9.07. The van der Waals surface area contributed by atoms with Gasteiger partial charge >= 0.3 is 0 Å². The van der Waals surface area contributed by atoms with E-state index in [2.05, 4.69) is 33.8 Å². The molecule has 4 rings (SSSR count). The number of rotatable bonds is 7. The Balaban J connectivity index is 1.37. The maximum absolute atomic E-state index is 12.4. The Morgan fingerprint density at radius 1 is 1.25 bits per heavy atom. The van der Waals surface area contributed by atoms with E-state index in [0.29, 0.717) is 16.4 Å². The third-order valence-electron chi connectivity index (χ3n) is 5.81. The van der Waals surface area contributed by atoms with Gasteiger partial charge < -0.3 is 15.2 Å². The fourth-order valence-corrected chi connectivity index (χ4v) is 5.83. The molecule has 168 valence electrons. The zero-order chi connectivity index (χ0) is 22.7. The molecule has 0 bridgehead atoms. The highest BCUT2D eigenvalue weighted by Gasteiger charge is 2.22. The van der Waals surface area contributed by atoms with Crippen molar-refractivity contribution in [1.82, 2.24) is 20.1 Å². The van der Waals surface area contributed by atoms with Crippen molar-refractivity contribution in [2.45, 2.75) is 37.8 Å². The lowest BCUT2D eigenvalue weighted by atomic mass is 9.87. The fourth-order valence-electron chi connectivity index (χ4n) is 3.89. The molecule has 1 aliphatic rings. The number of nitrogens with one attached hydrogen (secondary N) is 2. The molecule has 1 atom stereocenters. The van der Waals surface area contributed by atoms with E-state index in [4.69, 9.17) is 0 Å². The number of thioether (sulfide) groups is 1. The van der Waals surface area contributed by atoms with E-state index >= 15 is 0 Å². The Bertz CT molecular complexity index is 1120. The van der Waals surface area contributed by atoms with Gasteiger partial charge in [0.15, 0.2) is 11.0 Å². The summed E-state index contributed by atoms with van der Waals surface area (Å²) in [5, 5.41) is 14.8. The van der Waals surface area contributed by atoms with Crippen molar-refractivity contribution in [3.63, 3.8) is 0 Å². The lowest BCUT2D eigenvalue weighted by molar-refractivity contribution is -0.113. The molecule has 9 heteroatoms. The summed E-state index contributed by atoms with van der Waals surface area (Å²) in [7, 11) is 3.53. The van der Waals surface area contributed by atoms with Crippen LogP contribution in [0.25, 0.3) is 10.7 Å². The van der Waals surface area contributed by atoms with Gasteiger partial charge in [-0.3, -0.25) is 9.59 Å². The Kier molecular flexibility index (Phi) is 6.95. The Labute approximate surface area is 196 Å². The second kappa shape index (κ2) is 9.87. The number of thiophene rings is 1. The number of amides is 2. The molecule has 2 heterocycles. The minimum absolute atomic E-state index is 0.135. The Morgan fingerprint density at radius 3 is 2.75 bits per heavy atom. The molecule has 0 aliphatic heterocycles. The van der Waals surface area contributed by atoms with E-state index in [-0.39, 0.29) is 17.6 Å². The van der Waals surface area contributed by atoms with Crippen molar-refractivity contribution >= 4 is 40.6 Å². The van der Waals surface area contributed by atoms with E-state index in [0.717, 1.165) is 29.5 Å². The molecule has 0 fully saturated rings. The van der Waals surface area contributed by atoms with Crippen LogP contribution in [0.2, 0.25) is 0 Å². The molecular formula is C23H27N5O2S2. The fraction of sp³-hybridized carbons (Fsp3) is 0.391. The number of aromatic nitrogens is 3. The van der Waals surface area contributed by atoms with Gasteiger partial charge in [0.2, 0.25) is 5.91 Å². The SMILES string of the molecule is CCC1CCc2sc(-c3nnc(SCC(=O)Nc4ccc(C(=O)NC)cc4)n3C)cc2C1. The lowest BCUT2D eigenvalue weighted by Crippen LogP contribution is -2.18. The van der Waals surface area contributed by atoms with Gasteiger partial charge in [0.05, 0.1) is 10.6 Å². The zero-order valence-electron chi connectivity index (χ0n) is 18.5. The second-order valence-corrected chi connectivity index (χ2v) is 10.0. The highest BCUT2D eigenvalue weighted by atomic mass is 32.2. The highest BCUT2D eigenvalue weighted by molar-refractivity contribution is 7.99. The molecule has 2 amide bonds. The summed E-state index contributed by atoms with van der Waals surface area (Å²) in [6.07, 6.45) is 4.82. The summed E-state index contributed by atoms with van der Waals surface area (Å²) in [6.45, 7) is 2.27. The first-order valence-corrected chi connectivity index (χ1v) is 12.5. The van der Waals surface area contributed by atoms with Crippen LogP contribution in [0.5, 0.6) is 0 Å². The first kappa shape index (κ1) is 22.5. The van der Waals surface area contributed by atoms with E-state index in [1.54, 1.807) is 31.3 Å². The molecule has 2 aromatic heterocycles. The Hall–Kier alpha value is -2.65. The maximum atomic E-state index is 12.4. The van der Waals surface area contributed by atoms with Crippen LogP contribution >= 0.6 is 23.1 Å². The number of nitrogens with zero attached hydrogens (tertiary/aromatic N) is 3. The first-order valence-electron chi connectivity index (χ1n) is 10.7. The third kappa shape index (κ3) is 4.88. The summed E-state index contributed by atoms with van der Waals surface area (Å²) < 4.78 is 1.96. The van der Waals surface area contributed by atoms with Crippen molar-refractivity contribution in [3.8, 4) is 10.7 Å². The monoisotopic (exact) mass is 469 g/mol. The summed E-state index contributed by atoms with van der Waals surface area (Å²) in [5.41, 5.74) is 2.66. The van der Waals surface area contributed by atoms with Gasteiger partial charge in [0.25, 0.3) is 5.91 Å². The van der Waals surface area contributed by atoms with Gasteiger partial charge in [-0.2, -0.15) is 0 Å². The number of hydrogen-bond donors (Lipinski definition) is 2. The third-order valence-corrected chi connectivity index (χ3v) is 8.06. The van der Waals surface area contributed by atoms with Crippen molar-refractivity contribution in [1.29, 1.82) is 0 Å². The van der Waals surface area contributed by atoms with Crippen LogP contribution in [0, 0.1) is 5.92 Å². The molecule has 1 aliphatic carbocycles. The first-order chi connectivity index (χ1) is 15.5. The zero-order valence-corrected chi connectivity index (χ0v) is 20.1. The molecule has 32 heavy (non-hydrogen) atoms. The molecule has 0 spiro atoms. The molecule has 1 aromatic carbocycles. The molecule has 3 aromatic rings. The predicted octanol–water partition coefficient (Wildman–Crippen LogP) is 4.15. The van der Waals surface area contributed by atoms with Crippen LogP contribution in [0.15, 0.2) is 35.5 Å². The van der Waals surface area contributed by atoms with Crippen LogP contribution < -0.4 is 10.6 Å². The number of anilines is 1. The average molecular weight is 470 g/mol. The number of benzene rings is 1. The smallest absolute Gasteiger partial charge is 0.251 e. The summed E-state index contributed by atoms with van der Waals surface area (Å²) in [5.74, 6) is 1.57. The van der Waals surface area contributed by atoms with Crippen molar-refractivity contribution in [2.75, 3.05) is 18.1 Å². The van der Waals surface area contributed by atoms with Gasteiger partial charge in [-0.1, -0.05) is 25.1 Å². The van der Waals surface area contributed by atoms with E-state index in [9.17, 15) is 9.59 Å². The van der Waals surface area contributed by atoms with Gasteiger partial charge in [0, 0.05) is 30.2 Å². The van der Waals surface area contributed by atoms with Crippen molar-refractivity contribution < 1.29 is 9.59 Å². The number of carbonyl (C=O) groups is 2. The van der Waals surface area contributed by atoms with E-state index in [1.807, 2.05) is 23.0 Å². The van der Waals surface area contributed by atoms with Crippen LogP contribution in [-0.4, -0.2) is 39.4 Å². The van der Waals surface area contributed by atoms with Crippen LogP contribution in [-0.2, 0) is 24.7 Å². The normalized spacial score (nSPS) is 15.3. The predicted molar refractivity (Wildman–Crippen MR) is 129 cm³/mol. The number of aryl methyl sites for hydroxylation is 1. The van der Waals surface area contributed by atoms with E-state index in [1.165, 1.54) is 35.0 Å². The molecular weight excluding hydrogens is 442 g/mol. The van der Waals surface area contributed by atoms with Crippen molar-refractivity contribution in [3.05, 3.63) is 46.3 Å². The molecule has 0 saturated heterocycles. The van der Waals surface area contributed by atoms with E-state index < -0.39 is 0 Å². The van der Waals surface area contributed by atoms with Gasteiger partial charge in [0.1, 0.15) is 0 Å². The Morgan fingerprint density at radius 2 is 2.03 bits per heavy atom. The largest absolute Gasteiger partial charge is 0.355 e. The second-order valence-electron chi connectivity index (χ2n) is 7.93. The minimum Gasteiger partial charge on any atom is -0.355 e. The van der Waals surface area contributed by atoms with Crippen molar-refractivity contribution in [2.24, 2.45) is 13.0 Å². The molecule has 1 unspecified atom stereocenters. The highest BCUT2D eigenvalue weighted by Crippen LogP contribution is 2.38. The molecule has 2 N–H and O–H groups in total. The van der Waals surface area contributed by atoms with Crippen LogP contribution in [0.4, 0.5) is 5.69 Å². The standard InChI is InChI=1S/C23H27N5O2S2/c1-4-14-5-10-18-16(11-14)12-19(32-18)21-26-27-23(28(21)3)31-13-20(29)25-17-8-6-15(7-9-17)22(30)24-2/h6-9,12,14H,4-5,10-11,13H2,1-3H3,(H,24,30)(H,25,29). The number of carbonyl (C=O) groups excluding carboxylic acids is 2. The summed E-state index contributed by atoms with van der Waals surface area (Å²) in [4.78, 5) is 26.6. The maximum Gasteiger partial charge on any atom is 0.251 e. The topological polar surface area (TPSA) is 88.9 Å². The number of fused-ring (bicyclic) bond motifs is 1. The average Bonchev–Trinajstić information content (AvgIpc) is 3.39. The lowest BCUT2D eigenvalue weighted by Gasteiger charge is -2.19. The minimum atomic E-state index is -0.159. The number of hydrogen-bond acceptors (Lipinski definition) is 6.